The summed E-state index contributed by atoms with van der Waals surface area (Å²) < 4.78 is 2.19. The van der Waals surface area contributed by atoms with Crippen molar-refractivity contribution in [2.24, 2.45) is 7.05 Å². The van der Waals surface area contributed by atoms with E-state index in [1.165, 1.54) is 39.8 Å². The standard InChI is InChI=1S/C22H22N2S/c1-3-4-14-25-18-11-12-19-17(15-18)10-13-20-21(19)23-22(24(20)2)16-8-6-5-7-9-16/h5-13,15H,3-4,14H2,1-2H3. The number of thioether (sulfide) groups is 1. The maximum absolute atomic E-state index is 4.97. The zero-order chi connectivity index (χ0) is 17.2. The maximum atomic E-state index is 4.97. The van der Waals surface area contributed by atoms with Crippen molar-refractivity contribution >= 4 is 33.6 Å². The molecule has 126 valence electrons. The fourth-order valence-corrected chi connectivity index (χ4v) is 4.28. The minimum Gasteiger partial charge on any atom is -0.327 e. The number of unbranched alkanes of at least 4 members (excludes halogenated alkanes) is 1. The third-order valence-corrected chi connectivity index (χ3v) is 5.72. The van der Waals surface area contributed by atoms with E-state index in [1.54, 1.807) is 0 Å². The van der Waals surface area contributed by atoms with E-state index < -0.39 is 0 Å². The van der Waals surface area contributed by atoms with Gasteiger partial charge in [0.15, 0.2) is 0 Å². The molecule has 4 aromatic rings. The molecule has 3 heteroatoms. The van der Waals surface area contributed by atoms with Crippen LogP contribution in [0.2, 0.25) is 0 Å². The lowest BCUT2D eigenvalue weighted by molar-refractivity contribution is 0.896. The van der Waals surface area contributed by atoms with Crippen molar-refractivity contribution < 1.29 is 0 Å². The molecule has 0 unspecified atom stereocenters. The zero-order valence-corrected chi connectivity index (χ0v) is 15.5. The molecule has 0 aliphatic carbocycles. The van der Waals surface area contributed by atoms with Gasteiger partial charge < -0.3 is 4.57 Å². The maximum Gasteiger partial charge on any atom is 0.140 e. The van der Waals surface area contributed by atoms with Gasteiger partial charge in [-0.3, -0.25) is 0 Å². The summed E-state index contributed by atoms with van der Waals surface area (Å²) >= 11 is 1.94. The Kier molecular flexibility index (Phi) is 4.50. The molecule has 3 aromatic carbocycles. The van der Waals surface area contributed by atoms with E-state index in [0.717, 1.165) is 16.9 Å². The van der Waals surface area contributed by atoms with Gasteiger partial charge in [-0.25, -0.2) is 4.98 Å². The first kappa shape index (κ1) is 16.2. The molecule has 1 aromatic heterocycles. The van der Waals surface area contributed by atoms with Crippen LogP contribution in [0.4, 0.5) is 0 Å². The second-order valence-corrected chi connectivity index (χ2v) is 7.55. The van der Waals surface area contributed by atoms with Gasteiger partial charge in [-0.15, -0.1) is 11.8 Å². The molecule has 0 saturated heterocycles. The van der Waals surface area contributed by atoms with Gasteiger partial charge in [0.05, 0.1) is 11.0 Å². The SMILES string of the molecule is CCCCSc1ccc2c(ccc3c2nc(-c2ccccc2)n3C)c1. The summed E-state index contributed by atoms with van der Waals surface area (Å²) in [6.45, 7) is 2.24. The summed E-state index contributed by atoms with van der Waals surface area (Å²) in [7, 11) is 2.10. The lowest BCUT2D eigenvalue weighted by atomic mass is 10.1. The Morgan fingerprint density at radius 3 is 2.64 bits per heavy atom. The van der Waals surface area contributed by atoms with E-state index in [1.807, 2.05) is 17.8 Å². The molecular formula is C22H22N2S. The monoisotopic (exact) mass is 346 g/mol. The number of aryl methyl sites for hydroxylation is 1. The highest BCUT2D eigenvalue weighted by Gasteiger charge is 2.12. The van der Waals surface area contributed by atoms with Crippen molar-refractivity contribution in [3.05, 3.63) is 60.7 Å². The van der Waals surface area contributed by atoms with Crippen molar-refractivity contribution in [3.8, 4) is 11.4 Å². The number of hydrogen-bond acceptors (Lipinski definition) is 2. The molecule has 0 N–H and O–H groups in total. The first-order valence-electron chi connectivity index (χ1n) is 8.85. The van der Waals surface area contributed by atoms with Crippen LogP contribution >= 0.6 is 11.8 Å². The van der Waals surface area contributed by atoms with Crippen LogP contribution in [0.25, 0.3) is 33.2 Å². The number of rotatable bonds is 5. The van der Waals surface area contributed by atoms with Gasteiger partial charge >= 0.3 is 0 Å². The number of nitrogens with zero attached hydrogens (tertiary/aromatic N) is 2. The molecule has 0 amide bonds. The molecule has 1 heterocycles. The quantitative estimate of drug-likeness (QED) is 0.312. The molecule has 0 aliphatic rings. The summed E-state index contributed by atoms with van der Waals surface area (Å²) in [5.41, 5.74) is 3.42. The second-order valence-electron chi connectivity index (χ2n) is 6.38. The van der Waals surface area contributed by atoms with Crippen LogP contribution in [-0.4, -0.2) is 15.3 Å². The minimum atomic E-state index is 1.02. The van der Waals surface area contributed by atoms with Crippen LogP contribution in [-0.2, 0) is 7.05 Å². The molecule has 0 bridgehead atoms. The van der Waals surface area contributed by atoms with Crippen LogP contribution in [0.5, 0.6) is 0 Å². The minimum absolute atomic E-state index is 1.02. The van der Waals surface area contributed by atoms with Crippen LogP contribution in [0.3, 0.4) is 0 Å². The highest BCUT2D eigenvalue weighted by atomic mass is 32.2. The highest BCUT2D eigenvalue weighted by Crippen LogP contribution is 2.31. The molecule has 0 saturated carbocycles. The Morgan fingerprint density at radius 1 is 1.00 bits per heavy atom. The first-order chi connectivity index (χ1) is 12.3. The van der Waals surface area contributed by atoms with E-state index in [9.17, 15) is 0 Å². The van der Waals surface area contributed by atoms with Crippen LogP contribution in [0.1, 0.15) is 19.8 Å². The van der Waals surface area contributed by atoms with Gasteiger partial charge in [0.1, 0.15) is 5.82 Å². The largest absolute Gasteiger partial charge is 0.327 e. The van der Waals surface area contributed by atoms with Gasteiger partial charge in [0.2, 0.25) is 0 Å². The Morgan fingerprint density at radius 2 is 1.84 bits per heavy atom. The van der Waals surface area contributed by atoms with E-state index in [-0.39, 0.29) is 0 Å². The lowest BCUT2D eigenvalue weighted by Gasteiger charge is -2.05. The van der Waals surface area contributed by atoms with Gasteiger partial charge in [-0.05, 0) is 35.8 Å². The highest BCUT2D eigenvalue weighted by molar-refractivity contribution is 7.99. The molecular weight excluding hydrogens is 324 g/mol. The molecule has 2 nitrogen and oxygen atoms in total. The first-order valence-corrected chi connectivity index (χ1v) is 9.84. The second kappa shape index (κ2) is 6.93. The predicted molar refractivity (Wildman–Crippen MR) is 109 cm³/mol. The predicted octanol–water partition coefficient (Wildman–Crippen LogP) is 6.29. The lowest BCUT2D eigenvalue weighted by Crippen LogP contribution is -1.91. The van der Waals surface area contributed by atoms with Crippen molar-refractivity contribution in [2.45, 2.75) is 24.7 Å². The van der Waals surface area contributed by atoms with Crippen molar-refractivity contribution in [1.29, 1.82) is 0 Å². The number of benzene rings is 3. The number of hydrogen-bond donors (Lipinski definition) is 0. The van der Waals surface area contributed by atoms with Crippen molar-refractivity contribution in [3.63, 3.8) is 0 Å². The number of aromatic nitrogens is 2. The molecule has 25 heavy (non-hydrogen) atoms. The summed E-state index contributed by atoms with van der Waals surface area (Å²) in [5.74, 6) is 2.20. The van der Waals surface area contributed by atoms with E-state index >= 15 is 0 Å². The molecule has 0 spiro atoms. The van der Waals surface area contributed by atoms with Gasteiger partial charge in [-0.2, -0.15) is 0 Å². The summed E-state index contributed by atoms with van der Waals surface area (Å²) in [4.78, 5) is 6.32. The molecule has 0 fully saturated rings. The third kappa shape index (κ3) is 3.05. The average molecular weight is 346 g/mol. The Balaban J connectivity index is 1.81. The van der Waals surface area contributed by atoms with E-state index in [2.05, 4.69) is 73.1 Å². The average Bonchev–Trinajstić information content (AvgIpc) is 2.99. The third-order valence-electron chi connectivity index (χ3n) is 4.64. The van der Waals surface area contributed by atoms with Gasteiger partial charge in [0, 0.05) is 22.9 Å². The Hall–Kier alpha value is -2.26. The van der Waals surface area contributed by atoms with Crippen LogP contribution < -0.4 is 0 Å². The smallest absolute Gasteiger partial charge is 0.140 e. The Labute approximate surface area is 152 Å². The summed E-state index contributed by atoms with van der Waals surface area (Å²) in [6, 6.07) is 21.6. The molecule has 0 atom stereocenters. The van der Waals surface area contributed by atoms with Crippen LogP contribution in [0.15, 0.2) is 65.6 Å². The fraction of sp³-hybridized carbons (Fsp3) is 0.227. The molecule has 0 radical (unpaired) electrons. The topological polar surface area (TPSA) is 17.8 Å². The van der Waals surface area contributed by atoms with Crippen molar-refractivity contribution in [1.82, 2.24) is 9.55 Å². The van der Waals surface area contributed by atoms with Gasteiger partial charge in [0.25, 0.3) is 0 Å². The fourth-order valence-electron chi connectivity index (χ4n) is 3.23. The zero-order valence-electron chi connectivity index (χ0n) is 14.7. The normalized spacial score (nSPS) is 11.4. The Bertz CT molecular complexity index is 1020. The summed E-state index contributed by atoms with van der Waals surface area (Å²) in [6.07, 6.45) is 2.51. The molecule has 0 aliphatic heterocycles. The molecule has 4 rings (SSSR count). The van der Waals surface area contributed by atoms with Gasteiger partial charge in [-0.1, -0.05) is 55.8 Å². The number of fused-ring (bicyclic) bond motifs is 3. The van der Waals surface area contributed by atoms with Crippen LogP contribution in [0, 0.1) is 0 Å². The van der Waals surface area contributed by atoms with Crippen molar-refractivity contribution in [2.75, 3.05) is 5.75 Å². The number of imidazole rings is 1. The van der Waals surface area contributed by atoms with E-state index in [4.69, 9.17) is 4.98 Å². The van der Waals surface area contributed by atoms with E-state index in [0.29, 0.717) is 0 Å². The summed E-state index contributed by atoms with van der Waals surface area (Å²) in [5, 5.41) is 2.50.